The van der Waals surface area contributed by atoms with Crippen molar-refractivity contribution in [2.75, 3.05) is 25.6 Å². The molecule has 0 aliphatic carbocycles. The Labute approximate surface area is 170 Å². The summed E-state index contributed by atoms with van der Waals surface area (Å²) in [6.07, 6.45) is 1.63. The molecule has 0 radical (unpaired) electrons. The number of aromatic nitrogens is 1. The summed E-state index contributed by atoms with van der Waals surface area (Å²) in [5.74, 6) is 1.26. The Kier molecular flexibility index (Phi) is 7.05. The zero-order chi connectivity index (χ0) is 20.5. The van der Waals surface area contributed by atoms with Crippen molar-refractivity contribution in [2.24, 2.45) is 0 Å². The summed E-state index contributed by atoms with van der Waals surface area (Å²) < 4.78 is 10.7. The van der Waals surface area contributed by atoms with Gasteiger partial charge in [-0.25, -0.2) is 0 Å². The van der Waals surface area contributed by atoms with Gasteiger partial charge in [-0.3, -0.25) is 9.78 Å². The fraction of sp³-hybridized carbons (Fsp3) is 0.217. The number of rotatable bonds is 9. The molecular weight excluding hydrogens is 366 g/mol. The van der Waals surface area contributed by atoms with E-state index in [1.54, 1.807) is 19.4 Å². The zero-order valence-electron chi connectivity index (χ0n) is 16.6. The van der Waals surface area contributed by atoms with E-state index in [1.165, 1.54) is 11.1 Å². The van der Waals surface area contributed by atoms with Crippen LogP contribution in [0.1, 0.15) is 21.6 Å². The average Bonchev–Trinajstić information content (AvgIpc) is 2.76. The van der Waals surface area contributed by atoms with Gasteiger partial charge in [-0.15, -0.1) is 0 Å². The molecule has 0 unspecified atom stereocenters. The summed E-state index contributed by atoms with van der Waals surface area (Å²) in [7, 11) is 1.62. The van der Waals surface area contributed by atoms with Crippen molar-refractivity contribution >= 4 is 11.6 Å². The molecule has 0 fully saturated rings. The average molecular weight is 391 g/mol. The summed E-state index contributed by atoms with van der Waals surface area (Å²) >= 11 is 0. The molecule has 0 spiro atoms. The van der Waals surface area contributed by atoms with Crippen LogP contribution in [0.15, 0.2) is 66.9 Å². The van der Waals surface area contributed by atoms with Gasteiger partial charge in [0.25, 0.3) is 5.91 Å². The lowest BCUT2D eigenvalue weighted by Gasteiger charge is -2.11. The lowest BCUT2D eigenvalue weighted by molar-refractivity contribution is 0.0942. The van der Waals surface area contributed by atoms with Crippen LogP contribution in [0.25, 0.3) is 0 Å². The highest BCUT2D eigenvalue weighted by molar-refractivity contribution is 5.93. The molecular formula is C23H25N3O3. The van der Waals surface area contributed by atoms with Gasteiger partial charge in [0.1, 0.15) is 23.8 Å². The minimum Gasteiger partial charge on any atom is -0.497 e. The van der Waals surface area contributed by atoms with Crippen LogP contribution in [0.3, 0.4) is 0 Å². The number of pyridine rings is 1. The fourth-order valence-corrected chi connectivity index (χ4v) is 2.77. The summed E-state index contributed by atoms with van der Waals surface area (Å²) in [5.41, 5.74) is 3.65. The van der Waals surface area contributed by atoms with Gasteiger partial charge >= 0.3 is 0 Å². The van der Waals surface area contributed by atoms with Crippen LogP contribution in [-0.2, 0) is 6.54 Å². The first-order valence-corrected chi connectivity index (χ1v) is 9.45. The van der Waals surface area contributed by atoms with E-state index in [0.717, 1.165) is 17.2 Å². The number of hydrogen-bond acceptors (Lipinski definition) is 5. The van der Waals surface area contributed by atoms with E-state index in [1.807, 2.05) is 42.5 Å². The van der Waals surface area contributed by atoms with Crippen molar-refractivity contribution in [3.63, 3.8) is 0 Å². The molecule has 0 aliphatic heterocycles. The summed E-state index contributed by atoms with van der Waals surface area (Å²) in [6, 6.07) is 19.1. The van der Waals surface area contributed by atoms with E-state index in [4.69, 9.17) is 9.47 Å². The van der Waals surface area contributed by atoms with Crippen LogP contribution in [0.5, 0.6) is 11.5 Å². The van der Waals surface area contributed by atoms with Crippen LogP contribution >= 0.6 is 0 Å². The molecule has 0 saturated carbocycles. The smallest absolute Gasteiger partial charge is 0.270 e. The number of carbonyl (C=O) groups excluding carboxylic acids is 1. The van der Waals surface area contributed by atoms with Crippen molar-refractivity contribution < 1.29 is 14.3 Å². The van der Waals surface area contributed by atoms with Crippen LogP contribution in [0, 0.1) is 6.92 Å². The molecule has 6 nitrogen and oxygen atoms in total. The Bertz CT molecular complexity index is 942. The number of methoxy groups -OCH3 is 1. The normalized spacial score (nSPS) is 10.3. The lowest BCUT2D eigenvalue weighted by Crippen LogP contribution is -2.28. The Balaban J connectivity index is 1.46. The fourth-order valence-electron chi connectivity index (χ4n) is 2.77. The van der Waals surface area contributed by atoms with Gasteiger partial charge in [0.15, 0.2) is 0 Å². The lowest BCUT2D eigenvalue weighted by atomic mass is 10.1. The number of nitrogens with one attached hydrogen (secondary N) is 2. The summed E-state index contributed by atoms with van der Waals surface area (Å²) in [6.45, 7) is 3.51. The molecule has 2 N–H and O–H groups in total. The molecule has 1 amide bonds. The Morgan fingerprint density at radius 2 is 1.79 bits per heavy atom. The Morgan fingerprint density at radius 3 is 2.55 bits per heavy atom. The molecule has 6 heteroatoms. The highest BCUT2D eigenvalue weighted by atomic mass is 16.5. The number of aryl methyl sites for hydroxylation is 1. The molecule has 3 rings (SSSR count). The second-order valence-electron chi connectivity index (χ2n) is 6.49. The van der Waals surface area contributed by atoms with E-state index < -0.39 is 0 Å². The van der Waals surface area contributed by atoms with Crippen LogP contribution in [-0.4, -0.2) is 31.2 Å². The Morgan fingerprint density at radius 1 is 1.03 bits per heavy atom. The number of hydrogen-bond donors (Lipinski definition) is 2. The first kappa shape index (κ1) is 20.2. The third-order valence-electron chi connectivity index (χ3n) is 4.45. The maximum Gasteiger partial charge on any atom is 0.270 e. The second kappa shape index (κ2) is 10.1. The standard InChI is InChI=1S/C23H25N3O3/c1-17-5-3-4-6-18(17)16-26-19-11-12-24-22(15-19)23(27)25-13-14-29-21-9-7-20(28-2)8-10-21/h3-12,15H,13-14,16H2,1-2H3,(H,24,26)(H,25,27). The maximum absolute atomic E-state index is 12.3. The van der Waals surface area contributed by atoms with Crippen molar-refractivity contribution in [1.29, 1.82) is 0 Å². The van der Waals surface area contributed by atoms with Crippen molar-refractivity contribution in [1.82, 2.24) is 10.3 Å². The summed E-state index contributed by atoms with van der Waals surface area (Å²) in [5, 5.41) is 6.16. The van der Waals surface area contributed by atoms with Gasteiger partial charge in [-0.05, 0) is 54.4 Å². The van der Waals surface area contributed by atoms with Gasteiger partial charge in [0.2, 0.25) is 0 Å². The van der Waals surface area contributed by atoms with Crippen molar-refractivity contribution in [3.8, 4) is 11.5 Å². The SMILES string of the molecule is COc1ccc(OCCNC(=O)c2cc(NCc3ccccc3C)ccn2)cc1. The van der Waals surface area contributed by atoms with Crippen molar-refractivity contribution in [2.45, 2.75) is 13.5 Å². The van der Waals surface area contributed by atoms with Crippen LogP contribution in [0.4, 0.5) is 5.69 Å². The minimum atomic E-state index is -0.233. The maximum atomic E-state index is 12.3. The number of amides is 1. The van der Waals surface area contributed by atoms with E-state index in [9.17, 15) is 4.79 Å². The first-order chi connectivity index (χ1) is 14.2. The number of carbonyl (C=O) groups is 1. The highest BCUT2D eigenvalue weighted by Crippen LogP contribution is 2.17. The minimum absolute atomic E-state index is 0.233. The molecule has 150 valence electrons. The number of anilines is 1. The molecule has 0 atom stereocenters. The molecule has 29 heavy (non-hydrogen) atoms. The quantitative estimate of drug-likeness (QED) is 0.543. The summed E-state index contributed by atoms with van der Waals surface area (Å²) in [4.78, 5) is 16.5. The second-order valence-corrected chi connectivity index (χ2v) is 6.49. The molecule has 3 aromatic rings. The topological polar surface area (TPSA) is 72.5 Å². The molecule has 1 heterocycles. The monoisotopic (exact) mass is 391 g/mol. The van der Waals surface area contributed by atoms with Gasteiger partial charge < -0.3 is 20.1 Å². The van der Waals surface area contributed by atoms with Gasteiger partial charge in [-0.2, -0.15) is 0 Å². The highest BCUT2D eigenvalue weighted by Gasteiger charge is 2.08. The number of benzene rings is 2. The Hall–Kier alpha value is -3.54. The van der Waals surface area contributed by atoms with E-state index in [2.05, 4.69) is 34.7 Å². The predicted molar refractivity (Wildman–Crippen MR) is 114 cm³/mol. The first-order valence-electron chi connectivity index (χ1n) is 9.45. The molecule has 1 aromatic heterocycles. The molecule has 0 aliphatic rings. The third kappa shape index (κ3) is 5.97. The van der Waals surface area contributed by atoms with E-state index in [-0.39, 0.29) is 5.91 Å². The predicted octanol–water partition coefficient (Wildman–Crippen LogP) is 3.82. The van der Waals surface area contributed by atoms with Gasteiger partial charge in [0.05, 0.1) is 13.7 Å². The largest absolute Gasteiger partial charge is 0.497 e. The number of nitrogens with zero attached hydrogens (tertiary/aromatic N) is 1. The van der Waals surface area contributed by atoms with Gasteiger partial charge in [0, 0.05) is 18.4 Å². The number of ether oxygens (including phenoxy) is 2. The van der Waals surface area contributed by atoms with Crippen molar-refractivity contribution in [3.05, 3.63) is 83.7 Å². The van der Waals surface area contributed by atoms with Gasteiger partial charge in [-0.1, -0.05) is 24.3 Å². The van der Waals surface area contributed by atoms with Crippen LogP contribution in [0.2, 0.25) is 0 Å². The molecule has 0 saturated heterocycles. The van der Waals surface area contributed by atoms with Crippen LogP contribution < -0.4 is 20.1 Å². The third-order valence-corrected chi connectivity index (χ3v) is 4.45. The van der Waals surface area contributed by atoms with E-state index in [0.29, 0.717) is 25.4 Å². The molecule has 0 bridgehead atoms. The molecule has 2 aromatic carbocycles. The van der Waals surface area contributed by atoms with E-state index >= 15 is 0 Å². The zero-order valence-corrected chi connectivity index (χ0v) is 16.6.